The molecule has 0 radical (unpaired) electrons. The number of halogens is 2. The number of carbonyl (C=O) groups is 1. The van der Waals surface area contributed by atoms with Gasteiger partial charge in [0, 0.05) is 5.56 Å². The van der Waals surface area contributed by atoms with Crippen LogP contribution in [0.4, 0.5) is 8.78 Å². The molecule has 0 bridgehead atoms. The summed E-state index contributed by atoms with van der Waals surface area (Å²) in [6, 6.07) is 4.20. The molecule has 1 rings (SSSR count). The van der Waals surface area contributed by atoms with Gasteiger partial charge in [0.05, 0.1) is 13.3 Å². The molecule has 0 saturated carbocycles. The molecule has 2 N–H and O–H groups in total. The molecule has 0 heterocycles. The molecule has 0 unspecified atom stereocenters. The molecule has 0 atom stereocenters. The number of rotatable bonds is 7. The van der Waals surface area contributed by atoms with Gasteiger partial charge in [-0.1, -0.05) is 5.16 Å². The number of nitrogens with two attached hydrogens (primary N) is 1. The van der Waals surface area contributed by atoms with Crippen molar-refractivity contribution in [1.82, 2.24) is 0 Å². The highest BCUT2D eigenvalue weighted by Crippen LogP contribution is 2.28. The summed E-state index contributed by atoms with van der Waals surface area (Å²) in [5.41, 5.74) is 5.35. The maximum absolute atomic E-state index is 12.1. The van der Waals surface area contributed by atoms with Crippen LogP contribution < -0.4 is 15.2 Å². The van der Waals surface area contributed by atoms with E-state index in [1.54, 1.807) is 0 Å². The summed E-state index contributed by atoms with van der Waals surface area (Å²) in [6.45, 7) is -3.28. The Morgan fingerprint density at radius 3 is 2.79 bits per heavy atom. The number of nitrogens with zero attached hydrogens (tertiary/aromatic N) is 1. The molecule has 104 valence electrons. The van der Waals surface area contributed by atoms with Crippen LogP contribution in [0.25, 0.3) is 0 Å². The highest BCUT2D eigenvalue weighted by atomic mass is 19.3. The fraction of sp³-hybridized carbons (Fsp3) is 0.273. The average molecular weight is 274 g/mol. The Morgan fingerprint density at radius 2 is 2.21 bits per heavy atom. The van der Waals surface area contributed by atoms with E-state index in [9.17, 15) is 13.6 Å². The van der Waals surface area contributed by atoms with E-state index in [0.29, 0.717) is 5.56 Å². The van der Waals surface area contributed by atoms with Gasteiger partial charge >= 0.3 is 6.61 Å². The molecule has 1 amide bonds. The zero-order valence-electron chi connectivity index (χ0n) is 10.0. The van der Waals surface area contributed by atoms with Crippen LogP contribution >= 0.6 is 0 Å². The van der Waals surface area contributed by atoms with Crippen molar-refractivity contribution in [2.75, 3.05) is 13.7 Å². The van der Waals surface area contributed by atoms with E-state index in [1.807, 2.05) is 0 Å². The summed E-state index contributed by atoms with van der Waals surface area (Å²) < 4.78 is 33.3. The topological polar surface area (TPSA) is 83.1 Å². The van der Waals surface area contributed by atoms with Crippen LogP contribution in [0.5, 0.6) is 11.5 Å². The van der Waals surface area contributed by atoms with E-state index in [2.05, 4.69) is 14.7 Å². The summed E-state index contributed by atoms with van der Waals surface area (Å²) in [5.74, 6) is -0.623. The zero-order chi connectivity index (χ0) is 14.3. The van der Waals surface area contributed by atoms with Crippen LogP contribution in [-0.4, -0.2) is 32.4 Å². The normalized spacial score (nSPS) is 10.7. The first-order chi connectivity index (χ1) is 9.02. The van der Waals surface area contributed by atoms with Gasteiger partial charge in [-0.05, 0) is 18.2 Å². The molecule has 0 saturated heterocycles. The Hall–Kier alpha value is -2.38. The molecule has 8 heteroatoms. The summed E-state index contributed by atoms with van der Waals surface area (Å²) in [5, 5.41) is 3.48. The van der Waals surface area contributed by atoms with Crippen molar-refractivity contribution in [1.29, 1.82) is 0 Å². The van der Waals surface area contributed by atoms with Gasteiger partial charge in [-0.3, -0.25) is 4.79 Å². The quantitative estimate of drug-likeness (QED) is 0.597. The van der Waals surface area contributed by atoms with E-state index in [-0.39, 0.29) is 18.1 Å². The first-order valence-corrected chi connectivity index (χ1v) is 5.09. The van der Waals surface area contributed by atoms with Crippen molar-refractivity contribution >= 4 is 12.1 Å². The van der Waals surface area contributed by atoms with Gasteiger partial charge in [0.2, 0.25) is 0 Å². The Kier molecular flexibility index (Phi) is 5.52. The minimum absolute atomic E-state index is 0.0901. The summed E-state index contributed by atoms with van der Waals surface area (Å²) >= 11 is 0. The predicted molar refractivity (Wildman–Crippen MR) is 62.4 cm³/mol. The highest BCUT2D eigenvalue weighted by molar-refractivity contribution is 5.80. The van der Waals surface area contributed by atoms with Crippen molar-refractivity contribution in [3.63, 3.8) is 0 Å². The summed E-state index contributed by atoms with van der Waals surface area (Å²) in [6.07, 6.45) is 1.28. The first-order valence-electron chi connectivity index (χ1n) is 5.09. The lowest BCUT2D eigenvalue weighted by molar-refractivity contribution is -0.122. The number of ether oxygens (including phenoxy) is 2. The van der Waals surface area contributed by atoms with Gasteiger partial charge < -0.3 is 20.0 Å². The van der Waals surface area contributed by atoms with Crippen LogP contribution in [0.1, 0.15) is 5.56 Å². The fourth-order valence-corrected chi connectivity index (χ4v) is 1.16. The van der Waals surface area contributed by atoms with Crippen LogP contribution in [0.2, 0.25) is 0 Å². The van der Waals surface area contributed by atoms with Gasteiger partial charge in [-0.25, -0.2) is 0 Å². The number of hydrogen-bond acceptors (Lipinski definition) is 5. The number of benzene rings is 1. The molecular formula is C11H12F2N2O4. The number of alkyl halides is 2. The number of methoxy groups -OCH3 is 1. The molecule has 0 spiro atoms. The van der Waals surface area contributed by atoms with Crippen LogP contribution in [-0.2, 0) is 9.63 Å². The summed E-state index contributed by atoms with van der Waals surface area (Å²) in [7, 11) is 1.32. The van der Waals surface area contributed by atoms with Crippen LogP contribution in [0.15, 0.2) is 23.4 Å². The van der Waals surface area contributed by atoms with E-state index in [1.165, 1.54) is 31.5 Å². The number of primary amides is 1. The highest BCUT2D eigenvalue weighted by Gasteiger charge is 2.10. The van der Waals surface area contributed by atoms with Gasteiger partial charge in [0.15, 0.2) is 18.1 Å². The second-order valence-corrected chi connectivity index (χ2v) is 3.26. The molecule has 0 fully saturated rings. The Balaban J connectivity index is 2.73. The summed E-state index contributed by atoms with van der Waals surface area (Å²) in [4.78, 5) is 14.9. The maximum Gasteiger partial charge on any atom is 0.387 e. The third-order valence-electron chi connectivity index (χ3n) is 1.89. The second kappa shape index (κ2) is 7.14. The fourth-order valence-electron chi connectivity index (χ4n) is 1.16. The van der Waals surface area contributed by atoms with E-state index >= 15 is 0 Å². The largest absolute Gasteiger partial charge is 0.493 e. The molecule has 0 aliphatic heterocycles. The van der Waals surface area contributed by atoms with Crippen LogP contribution in [0, 0.1) is 0 Å². The molecule has 1 aromatic carbocycles. The minimum Gasteiger partial charge on any atom is -0.493 e. The lowest BCUT2D eigenvalue weighted by Gasteiger charge is -2.09. The molecule has 0 aliphatic rings. The standard InChI is InChI=1S/C11H12F2N2O4/c1-17-9-4-7(5-15-18-6-10(14)16)2-3-8(9)19-11(12)13/h2-5,11H,6H2,1H3,(H2,14,16)/b15-5-. The smallest absolute Gasteiger partial charge is 0.387 e. The van der Waals surface area contributed by atoms with Crippen molar-refractivity contribution in [2.24, 2.45) is 10.9 Å². The zero-order valence-corrected chi connectivity index (χ0v) is 10.0. The molecule has 1 aromatic rings. The number of oxime groups is 1. The number of hydrogen-bond donors (Lipinski definition) is 1. The third-order valence-corrected chi connectivity index (χ3v) is 1.89. The van der Waals surface area contributed by atoms with Crippen LogP contribution in [0.3, 0.4) is 0 Å². The van der Waals surface area contributed by atoms with Crippen molar-refractivity contribution in [3.05, 3.63) is 23.8 Å². The minimum atomic E-state index is -2.94. The van der Waals surface area contributed by atoms with Crippen molar-refractivity contribution in [2.45, 2.75) is 6.61 Å². The maximum atomic E-state index is 12.1. The van der Waals surface area contributed by atoms with E-state index in [0.717, 1.165) is 0 Å². The Labute approximate surface area is 107 Å². The predicted octanol–water partition coefficient (Wildman–Crippen LogP) is 1.13. The SMILES string of the molecule is COc1cc(/C=N\OCC(N)=O)ccc1OC(F)F. The Morgan fingerprint density at radius 1 is 1.47 bits per heavy atom. The van der Waals surface area contributed by atoms with Gasteiger partial charge in [0.1, 0.15) is 0 Å². The molecular weight excluding hydrogens is 262 g/mol. The van der Waals surface area contributed by atoms with Gasteiger partial charge in [-0.2, -0.15) is 8.78 Å². The van der Waals surface area contributed by atoms with Crippen molar-refractivity contribution < 1.29 is 27.9 Å². The monoisotopic (exact) mass is 274 g/mol. The van der Waals surface area contributed by atoms with E-state index < -0.39 is 12.5 Å². The Bertz CT molecular complexity index is 466. The number of amides is 1. The van der Waals surface area contributed by atoms with Gasteiger partial charge in [0.25, 0.3) is 5.91 Å². The lowest BCUT2D eigenvalue weighted by Crippen LogP contribution is -2.16. The average Bonchev–Trinajstić information content (AvgIpc) is 2.35. The van der Waals surface area contributed by atoms with Crippen molar-refractivity contribution in [3.8, 4) is 11.5 Å². The molecule has 0 aromatic heterocycles. The number of carbonyl (C=O) groups excluding carboxylic acids is 1. The van der Waals surface area contributed by atoms with E-state index in [4.69, 9.17) is 10.5 Å². The van der Waals surface area contributed by atoms with Gasteiger partial charge in [-0.15, -0.1) is 0 Å². The second-order valence-electron chi connectivity index (χ2n) is 3.26. The first kappa shape index (κ1) is 14.7. The molecule has 0 aliphatic carbocycles. The molecule has 19 heavy (non-hydrogen) atoms. The third kappa shape index (κ3) is 5.19. The molecule has 6 nitrogen and oxygen atoms in total. The lowest BCUT2D eigenvalue weighted by atomic mass is 10.2.